The summed E-state index contributed by atoms with van der Waals surface area (Å²) in [4.78, 5) is 13.8. The molecule has 25 heavy (non-hydrogen) atoms. The van der Waals surface area contributed by atoms with Crippen LogP contribution in [0.2, 0.25) is 0 Å². The fourth-order valence-corrected chi connectivity index (χ4v) is 3.65. The van der Waals surface area contributed by atoms with Crippen LogP contribution in [0.5, 0.6) is 0 Å². The lowest BCUT2D eigenvalue weighted by atomic mass is 10.0. The van der Waals surface area contributed by atoms with Crippen molar-refractivity contribution in [3.05, 3.63) is 29.8 Å². The standard InChI is InChI=1S/C18H28N2O4S/c1-5-14-6-8-15(9-7-14)20(25(22)23)16-10-12-19(13-11-16)17(21)24-18(2,3)4/h6-9,16H,5,10-13H2,1-4H3,(H,22,23)/p-1. The predicted octanol–water partition coefficient (Wildman–Crippen LogP) is 3.25. The molecule has 7 heteroatoms. The van der Waals surface area contributed by atoms with Gasteiger partial charge in [-0.3, -0.25) is 8.51 Å². The molecule has 0 bridgehead atoms. The lowest BCUT2D eigenvalue weighted by Crippen LogP contribution is -2.48. The van der Waals surface area contributed by atoms with Crippen LogP contribution in [0, 0.1) is 0 Å². The maximum atomic E-state index is 12.1. The van der Waals surface area contributed by atoms with E-state index in [0.29, 0.717) is 31.6 Å². The van der Waals surface area contributed by atoms with Gasteiger partial charge in [-0.15, -0.1) is 0 Å². The van der Waals surface area contributed by atoms with Crippen molar-refractivity contribution in [1.82, 2.24) is 4.90 Å². The van der Waals surface area contributed by atoms with Gasteiger partial charge in [0.2, 0.25) is 0 Å². The number of aryl methyl sites for hydroxylation is 1. The molecule has 0 saturated carbocycles. The van der Waals surface area contributed by atoms with Crippen LogP contribution >= 0.6 is 0 Å². The van der Waals surface area contributed by atoms with Crippen molar-refractivity contribution in [2.45, 2.75) is 58.6 Å². The fraction of sp³-hybridized carbons (Fsp3) is 0.611. The van der Waals surface area contributed by atoms with E-state index in [1.165, 1.54) is 9.87 Å². The van der Waals surface area contributed by atoms with E-state index in [9.17, 15) is 13.6 Å². The van der Waals surface area contributed by atoms with Crippen LogP contribution in [-0.2, 0) is 22.4 Å². The minimum Gasteiger partial charge on any atom is -0.755 e. The van der Waals surface area contributed by atoms with Gasteiger partial charge in [-0.05, 0) is 57.7 Å². The summed E-state index contributed by atoms with van der Waals surface area (Å²) in [5, 5.41) is 0. The molecule has 1 aliphatic heterocycles. The van der Waals surface area contributed by atoms with Crippen molar-refractivity contribution in [2.24, 2.45) is 0 Å². The predicted molar refractivity (Wildman–Crippen MR) is 98.0 cm³/mol. The molecule has 1 fully saturated rings. The molecule has 1 saturated heterocycles. The van der Waals surface area contributed by atoms with Gasteiger partial charge in [0.1, 0.15) is 5.60 Å². The van der Waals surface area contributed by atoms with Gasteiger partial charge < -0.3 is 14.2 Å². The molecule has 1 aromatic carbocycles. The topological polar surface area (TPSA) is 72.9 Å². The first-order valence-corrected chi connectivity index (χ1v) is 9.70. The quantitative estimate of drug-likeness (QED) is 0.766. The number of anilines is 1. The van der Waals surface area contributed by atoms with Crippen LogP contribution < -0.4 is 4.31 Å². The van der Waals surface area contributed by atoms with E-state index in [1.807, 2.05) is 45.0 Å². The first-order chi connectivity index (χ1) is 11.7. The van der Waals surface area contributed by atoms with E-state index in [2.05, 4.69) is 6.92 Å². The molecule has 1 amide bonds. The fourth-order valence-electron chi connectivity index (χ4n) is 2.91. The van der Waals surface area contributed by atoms with Gasteiger partial charge in [0.05, 0.1) is 0 Å². The SMILES string of the molecule is CCc1ccc(N(C2CCN(C(=O)OC(C)(C)C)CC2)S(=O)[O-])cc1. The summed E-state index contributed by atoms with van der Waals surface area (Å²) in [7, 11) is 0. The molecule has 0 aliphatic carbocycles. The highest BCUT2D eigenvalue weighted by molar-refractivity contribution is 7.80. The van der Waals surface area contributed by atoms with Gasteiger partial charge in [0, 0.05) is 36.1 Å². The van der Waals surface area contributed by atoms with Crippen molar-refractivity contribution in [1.29, 1.82) is 0 Å². The van der Waals surface area contributed by atoms with Crippen molar-refractivity contribution < 1.29 is 18.3 Å². The van der Waals surface area contributed by atoms with Crippen LogP contribution in [0.1, 0.15) is 46.1 Å². The Morgan fingerprint density at radius 2 is 1.84 bits per heavy atom. The zero-order chi connectivity index (χ0) is 18.6. The van der Waals surface area contributed by atoms with E-state index in [4.69, 9.17) is 4.74 Å². The largest absolute Gasteiger partial charge is 0.755 e. The van der Waals surface area contributed by atoms with Crippen LogP contribution in [-0.4, -0.2) is 44.5 Å². The molecule has 1 atom stereocenters. The summed E-state index contributed by atoms with van der Waals surface area (Å²) < 4.78 is 30.4. The Morgan fingerprint density at radius 3 is 2.28 bits per heavy atom. The summed E-state index contributed by atoms with van der Waals surface area (Å²) in [6, 6.07) is 7.43. The second kappa shape index (κ2) is 8.19. The summed E-state index contributed by atoms with van der Waals surface area (Å²) in [6.45, 7) is 8.53. The Kier molecular flexibility index (Phi) is 6.46. The number of benzene rings is 1. The Labute approximate surface area is 152 Å². The molecular formula is C18H27N2O4S-. The number of hydrogen-bond donors (Lipinski definition) is 0. The zero-order valence-corrected chi connectivity index (χ0v) is 16.2. The minimum atomic E-state index is -2.35. The summed E-state index contributed by atoms with van der Waals surface area (Å²) >= 11 is -2.35. The number of piperidine rings is 1. The molecule has 0 spiro atoms. The van der Waals surface area contributed by atoms with Crippen LogP contribution in [0.15, 0.2) is 24.3 Å². The normalized spacial score (nSPS) is 17.2. The van der Waals surface area contributed by atoms with E-state index < -0.39 is 16.9 Å². The Balaban J connectivity index is 2.03. The van der Waals surface area contributed by atoms with Crippen LogP contribution in [0.3, 0.4) is 0 Å². The van der Waals surface area contributed by atoms with E-state index >= 15 is 0 Å². The maximum Gasteiger partial charge on any atom is 0.410 e. The van der Waals surface area contributed by atoms with Gasteiger partial charge in [0.25, 0.3) is 0 Å². The summed E-state index contributed by atoms with van der Waals surface area (Å²) in [5.41, 5.74) is 1.30. The number of ether oxygens (including phenoxy) is 1. The Hall–Kier alpha value is -1.60. The molecule has 2 rings (SSSR count). The minimum absolute atomic E-state index is 0.149. The maximum absolute atomic E-state index is 12.1. The summed E-state index contributed by atoms with van der Waals surface area (Å²) in [5.74, 6) is 0. The molecule has 1 aromatic rings. The first kappa shape index (κ1) is 19.7. The molecule has 1 unspecified atom stereocenters. The van der Waals surface area contributed by atoms with E-state index in [0.717, 1.165) is 6.42 Å². The van der Waals surface area contributed by atoms with E-state index in [-0.39, 0.29) is 12.1 Å². The van der Waals surface area contributed by atoms with Crippen molar-refractivity contribution in [2.75, 3.05) is 17.4 Å². The van der Waals surface area contributed by atoms with Crippen LogP contribution in [0.25, 0.3) is 0 Å². The number of carbonyl (C=O) groups excluding carboxylic acids is 1. The molecular weight excluding hydrogens is 340 g/mol. The lowest BCUT2D eigenvalue weighted by molar-refractivity contribution is 0.0208. The lowest BCUT2D eigenvalue weighted by Gasteiger charge is -2.40. The molecule has 0 N–H and O–H groups in total. The second-order valence-electron chi connectivity index (χ2n) is 7.26. The molecule has 0 aromatic heterocycles. The summed E-state index contributed by atoms with van der Waals surface area (Å²) in [6.07, 6.45) is 1.74. The molecule has 1 aliphatic rings. The monoisotopic (exact) mass is 367 g/mol. The number of rotatable bonds is 4. The zero-order valence-electron chi connectivity index (χ0n) is 15.4. The van der Waals surface area contributed by atoms with Crippen molar-refractivity contribution in [3.8, 4) is 0 Å². The molecule has 0 radical (unpaired) electrons. The van der Waals surface area contributed by atoms with Crippen molar-refractivity contribution >= 4 is 23.0 Å². The third-order valence-corrected chi connectivity index (χ3v) is 5.04. The highest BCUT2D eigenvalue weighted by Gasteiger charge is 2.30. The molecule has 140 valence electrons. The number of likely N-dealkylation sites (tertiary alicyclic amines) is 1. The highest BCUT2D eigenvalue weighted by atomic mass is 32.2. The average Bonchev–Trinajstić information content (AvgIpc) is 2.54. The third kappa shape index (κ3) is 5.44. The van der Waals surface area contributed by atoms with Gasteiger partial charge in [-0.2, -0.15) is 0 Å². The van der Waals surface area contributed by atoms with Gasteiger partial charge in [-0.1, -0.05) is 19.1 Å². The Bertz CT molecular complexity index is 604. The number of amides is 1. The molecule has 1 heterocycles. The second-order valence-corrected chi connectivity index (χ2v) is 8.09. The Morgan fingerprint density at radius 1 is 1.28 bits per heavy atom. The van der Waals surface area contributed by atoms with Crippen molar-refractivity contribution in [3.63, 3.8) is 0 Å². The molecule has 6 nitrogen and oxygen atoms in total. The van der Waals surface area contributed by atoms with E-state index in [1.54, 1.807) is 4.90 Å². The number of hydrogen-bond acceptors (Lipinski definition) is 4. The average molecular weight is 367 g/mol. The van der Waals surface area contributed by atoms with Gasteiger partial charge >= 0.3 is 6.09 Å². The number of carbonyl (C=O) groups is 1. The first-order valence-electron chi connectivity index (χ1n) is 8.66. The van der Waals surface area contributed by atoms with Crippen LogP contribution in [0.4, 0.5) is 10.5 Å². The van der Waals surface area contributed by atoms with Gasteiger partial charge in [0.15, 0.2) is 0 Å². The van der Waals surface area contributed by atoms with Gasteiger partial charge in [-0.25, -0.2) is 4.79 Å². The smallest absolute Gasteiger partial charge is 0.410 e. The third-order valence-electron chi connectivity index (χ3n) is 4.21. The number of nitrogens with zero attached hydrogens (tertiary/aromatic N) is 2. The highest BCUT2D eigenvalue weighted by Crippen LogP contribution is 2.26.